The fourth-order valence-corrected chi connectivity index (χ4v) is 3.50. The lowest BCUT2D eigenvalue weighted by Gasteiger charge is -2.14. The minimum atomic E-state index is -4.56. The first-order valence-corrected chi connectivity index (χ1v) is 9.69. The summed E-state index contributed by atoms with van der Waals surface area (Å²) < 4.78 is 46.8. The summed E-state index contributed by atoms with van der Waals surface area (Å²) in [6.07, 6.45) is 3.66. The predicted octanol–water partition coefficient (Wildman–Crippen LogP) is 3.73. The number of alkyl halides is 3. The number of aryl methyl sites for hydroxylation is 3. The van der Waals surface area contributed by atoms with Gasteiger partial charge in [0.2, 0.25) is 0 Å². The lowest BCUT2D eigenvalue weighted by molar-refractivity contribution is -0.137. The summed E-state index contributed by atoms with van der Waals surface area (Å²) in [6.45, 7) is 6.38. The van der Waals surface area contributed by atoms with Crippen LogP contribution in [0.15, 0.2) is 54.1 Å². The molecule has 4 rings (SSSR count). The van der Waals surface area contributed by atoms with E-state index in [1.165, 1.54) is 20.0 Å². The Morgan fingerprint density at radius 3 is 2.39 bits per heavy atom. The summed E-state index contributed by atoms with van der Waals surface area (Å²) in [5, 5.41) is 4.19. The Morgan fingerprint density at radius 2 is 1.77 bits per heavy atom. The van der Waals surface area contributed by atoms with E-state index in [1.807, 2.05) is 13.1 Å². The molecule has 3 heterocycles. The summed E-state index contributed by atoms with van der Waals surface area (Å²) in [4.78, 5) is 17.2. The second kappa shape index (κ2) is 7.60. The van der Waals surface area contributed by atoms with Crippen molar-refractivity contribution in [1.29, 1.82) is 0 Å². The molecule has 0 spiro atoms. The van der Waals surface area contributed by atoms with Crippen molar-refractivity contribution in [3.05, 3.63) is 82.3 Å². The molecule has 4 aromatic rings. The molecule has 0 aliphatic heterocycles. The van der Waals surface area contributed by atoms with Gasteiger partial charge in [-0.15, -0.1) is 0 Å². The highest BCUT2D eigenvalue weighted by atomic mass is 19.4. The van der Waals surface area contributed by atoms with Crippen LogP contribution in [0.5, 0.6) is 0 Å². The van der Waals surface area contributed by atoms with E-state index in [1.54, 1.807) is 43.2 Å². The number of aromatic nitrogens is 6. The molecule has 31 heavy (non-hydrogen) atoms. The molecule has 0 saturated carbocycles. The number of halogens is 3. The highest BCUT2D eigenvalue weighted by Gasteiger charge is 2.32. The first kappa shape index (κ1) is 20.7. The van der Waals surface area contributed by atoms with Crippen molar-refractivity contribution in [2.24, 2.45) is 0 Å². The van der Waals surface area contributed by atoms with Crippen LogP contribution in [0.3, 0.4) is 0 Å². The van der Waals surface area contributed by atoms with Crippen molar-refractivity contribution in [2.75, 3.05) is 0 Å². The quantitative estimate of drug-likeness (QED) is 0.485. The molecule has 0 atom stereocenters. The maximum Gasteiger partial charge on any atom is 0.416 e. The first-order chi connectivity index (χ1) is 14.7. The van der Waals surface area contributed by atoms with Crippen LogP contribution in [0.2, 0.25) is 0 Å². The van der Waals surface area contributed by atoms with Gasteiger partial charge in [0.1, 0.15) is 0 Å². The molecule has 0 amide bonds. The first-order valence-electron chi connectivity index (χ1n) is 9.69. The molecular weight excluding hydrogens is 409 g/mol. The maximum atomic E-state index is 13.6. The molecule has 0 saturated heterocycles. The third-order valence-electron chi connectivity index (χ3n) is 4.99. The van der Waals surface area contributed by atoms with Crippen molar-refractivity contribution in [2.45, 2.75) is 40.0 Å². The Hall–Kier alpha value is -3.56. The van der Waals surface area contributed by atoms with Gasteiger partial charge in [0.25, 0.3) is 0 Å². The maximum absolute atomic E-state index is 13.6. The standard InChI is InChI=1S/C21H21F3N6O/c1-4-29-12-16(8-26-29)11-27-10-15(3)30(20(27)31)19-6-17(21(22,23)24)5-18(7-19)28-9-14(2)25-13-28/h5-10,12-13H,4,11H2,1-3H3. The van der Waals surface area contributed by atoms with Crippen LogP contribution in [0.1, 0.15) is 29.4 Å². The molecule has 0 aliphatic carbocycles. The zero-order valence-electron chi connectivity index (χ0n) is 17.3. The number of nitrogens with zero attached hydrogens (tertiary/aromatic N) is 6. The second-order valence-electron chi connectivity index (χ2n) is 7.38. The van der Waals surface area contributed by atoms with Crippen LogP contribution < -0.4 is 5.69 Å². The predicted molar refractivity (Wildman–Crippen MR) is 109 cm³/mol. The molecule has 10 heteroatoms. The minimum absolute atomic E-state index is 0.140. The van der Waals surface area contributed by atoms with Gasteiger partial charge in [-0.2, -0.15) is 18.3 Å². The Bertz CT molecular complexity index is 1290. The van der Waals surface area contributed by atoms with Crippen LogP contribution in [-0.4, -0.2) is 28.5 Å². The van der Waals surface area contributed by atoms with E-state index in [2.05, 4.69) is 10.1 Å². The topological polar surface area (TPSA) is 62.6 Å². The second-order valence-corrected chi connectivity index (χ2v) is 7.38. The summed E-state index contributed by atoms with van der Waals surface area (Å²) in [7, 11) is 0. The largest absolute Gasteiger partial charge is 0.416 e. The molecule has 0 unspecified atom stereocenters. The van der Waals surface area contributed by atoms with E-state index in [4.69, 9.17) is 0 Å². The third kappa shape index (κ3) is 4.05. The normalized spacial score (nSPS) is 11.9. The lowest BCUT2D eigenvalue weighted by Crippen LogP contribution is -2.24. The van der Waals surface area contributed by atoms with Crippen LogP contribution >= 0.6 is 0 Å². The molecule has 7 nitrogen and oxygen atoms in total. The summed E-state index contributed by atoms with van der Waals surface area (Å²) >= 11 is 0. The summed E-state index contributed by atoms with van der Waals surface area (Å²) in [6, 6.07) is 3.58. The van der Waals surface area contributed by atoms with Crippen molar-refractivity contribution in [3.8, 4) is 11.4 Å². The van der Waals surface area contributed by atoms with Crippen molar-refractivity contribution >= 4 is 0 Å². The van der Waals surface area contributed by atoms with E-state index in [-0.39, 0.29) is 17.9 Å². The fraction of sp³-hybridized carbons (Fsp3) is 0.286. The highest BCUT2D eigenvalue weighted by molar-refractivity contribution is 5.49. The van der Waals surface area contributed by atoms with Crippen LogP contribution in [0, 0.1) is 13.8 Å². The Morgan fingerprint density at radius 1 is 1.03 bits per heavy atom. The highest BCUT2D eigenvalue weighted by Crippen LogP contribution is 2.32. The molecular formula is C21H21F3N6O. The molecule has 0 bridgehead atoms. The van der Waals surface area contributed by atoms with E-state index in [0.29, 0.717) is 17.9 Å². The van der Waals surface area contributed by atoms with Crippen molar-refractivity contribution in [3.63, 3.8) is 0 Å². The van der Waals surface area contributed by atoms with E-state index in [0.717, 1.165) is 17.7 Å². The summed E-state index contributed by atoms with van der Waals surface area (Å²) in [5.74, 6) is 0. The van der Waals surface area contributed by atoms with E-state index in [9.17, 15) is 18.0 Å². The average molecular weight is 430 g/mol. The average Bonchev–Trinajstić information content (AvgIpc) is 3.41. The monoisotopic (exact) mass is 430 g/mol. The zero-order chi connectivity index (χ0) is 22.3. The Labute approximate surface area is 176 Å². The van der Waals surface area contributed by atoms with Crippen molar-refractivity contribution < 1.29 is 13.2 Å². The molecule has 0 radical (unpaired) electrons. The van der Waals surface area contributed by atoms with Crippen molar-refractivity contribution in [1.82, 2.24) is 28.5 Å². The van der Waals surface area contributed by atoms with Gasteiger partial charge in [-0.25, -0.2) is 9.78 Å². The smallest absolute Gasteiger partial charge is 0.306 e. The molecule has 0 aliphatic rings. The van der Waals surface area contributed by atoms with Crippen LogP contribution in [-0.2, 0) is 19.3 Å². The number of hydrogen-bond donors (Lipinski definition) is 0. The van der Waals surface area contributed by atoms with E-state index >= 15 is 0 Å². The SMILES string of the molecule is CCn1cc(Cn2cc(C)n(-c3cc(-n4cnc(C)c4)cc(C(F)(F)F)c3)c2=O)cn1. The fourth-order valence-electron chi connectivity index (χ4n) is 3.50. The number of imidazole rings is 2. The van der Waals surface area contributed by atoms with Gasteiger partial charge in [-0.1, -0.05) is 0 Å². The van der Waals surface area contributed by atoms with Gasteiger partial charge in [0, 0.05) is 42.1 Å². The Balaban J connectivity index is 1.81. The number of hydrogen-bond acceptors (Lipinski definition) is 3. The zero-order valence-corrected chi connectivity index (χ0v) is 17.3. The lowest BCUT2D eigenvalue weighted by atomic mass is 10.1. The van der Waals surface area contributed by atoms with Gasteiger partial charge in [0.05, 0.1) is 36.0 Å². The summed E-state index contributed by atoms with van der Waals surface area (Å²) in [5.41, 5.74) is 1.18. The van der Waals surface area contributed by atoms with Gasteiger partial charge in [-0.05, 0) is 39.0 Å². The number of rotatable bonds is 5. The van der Waals surface area contributed by atoms with E-state index < -0.39 is 17.4 Å². The molecule has 162 valence electrons. The minimum Gasteiger partial charge on any atom is -0.306 e. The van der Waals surface area contributed by atoms with Gasteiger partial charge in [0.15, 0.2) is 0 Å². The van der Waals surface area contributed by atoms with Gasteiger partial charge in [-0.3, -0.25) is 13.8 Å². The molecule has 1 aromatic carbocycles. The third-order valence-corrected chi connectivity index (χ3v) is 4.99. The van der Waals surface area contributed by atoms with Gasteiger partial charge < -0.3 is 4.57 Å². The Kier molecular flexibility index (Phi) is 5.08. The van der Waals surface area contributed by atoms with Crippen LogP contribution in [0.25, 0.3) is 11.4 Å². The number of benzene rings is 1. The molecule has 0 N–H and O–H groups in total. The molecule has 3 aromatic heterocycles. The van der Waals surface area contributed by atoms with Gasteiger partial charge >= 0.3 is 11.9 Å². The van der Waals surface area contributed by atoms with Crippen LogP contribution in [0.4, 0.5) is 13.2 Å². The molecule has 0 fully saturated rings.